The van der Waals surface area contributed by atoms with E-state index in [-0.39, 0.29) is 5.75 Å². The van der Waals surface area contributed by atoms with Crippen molar-refractivity contribution in [1.29, 1.82) is 0 Å². The Morgan fingerprint density at radius 1 is 1.23 bits per heavy atom. The molecule has 0 aliphatic carbocycles. The number of alkyl halides is 2. The maximum absolute atomic E-state index is 11.8. The first-order chi connectivity index (χ1) is 6.25. The van der Waals surface area contributed by atoms with E-state index in [1.165, 1.54) is 18.4 Å². The molecule has 2 nitrogen and oxygen atoms in total. The summed E-state index contributed by atoms with van der Waals surface area (Å²) in [5, 5.41) is 0.748. The van der Waals surface area contributed by atoms with E-state index in [0.717, 1.165) is 5.39 Å². The highest BCUT2D eigenvalue weighted by atomic mass is 19.3. The van der Waals surface area contributed by atoms with Gasteiger partial charge < -0.3 is 9.15 Å². The molecule has 2 aromatic rings. The van der Waals surface area contributed by atoms with Crippen molar-refractivity contribution >= 4 is 11.0 Å². The van der Waals surface area contributed by atoms with Gasteiger partial charge in [0.25, 0.3) is 0 Å². The fourth-order valence-corrected chi connectivity index (χ4v) is 1.12. The maximum Gasteiger partial charge on any atom is 0.387 e. The van der Waals surface area contributed by atoms with E-state index in [1.807, 2.05) is 0 Å². The zero-order chi connectivity index (χ0) is 9.26. The number of furan rings is 1. The zero-order valence-electron chi connectivity index (χ0n) is 6.54. The molecule has 0 spiro atoms. The van der Waals surface area contributed by atoms with Gasteiger partial charge in [0.15, 0.2) is 0 Å². The van der Waals surface area contributed by atoms with Gasteiger partial charge in [-0.05, 0) is 24.3 Å². The van der Waals surface area contributed by atoms with Gasteiger partial charge in [0.1, 0.15) is 11.3 Å². The smallest absolute Gasteiger partial charge is 0.387 e. The average Bonchev–Trinajstić information content (AvgIpc) is 2.49. The van der Waals surface area contributed by atoms with Crippen molar-refractivity contribution in [2.75, 3.05) is 0 Å². The van der Waals surface area contributed by atoms with E-state index in [1.54, 1.807) is 12.1 Å². The summed E-state index contributed by atoms with van der Waals surface area (Å²) in [5.41, 5.74) is 0.654. The van der Waals surface area contributed by atoms with E-state index >= 15 is 0 Å². The molecule has 0 unspecified atom stereocenters. The number of halogens is 2. The van der Waals surface area contributed by atoms with E-state index in [0.29, 0.717) is 5.58 Å². The van der Waals surface area contributed by atoms with Crippen LogP contribution in [0.15, 0.2) is 34.9 Å². The van der Waals surface area contributed by atoms with Crippen LogP contribution in [0.25, 0.3) is 11.0 Å². The summed E-state index contributed by atoms with van der Waals surface area (Å²) in [7, 11) is 0. The van der Waals surface area contributed by atoms with E-state index < -0.39 is 6.61 Å². The van der Waals surface area contributed by atoms with Gasteiger partial charge in [0, 0.05) is 5.39 Å². The first-order valence-corrected chi connectivity index (χ1v) is 3.68. The van der Waals surface area contributed by atoms with E-state index in [2.05, 4.69) is 4.74 Å². The standard InChI is InChI=1S/C9H6F2O2/c10-9(11)13-7-1-2-8-6(5-7)3-4-12-8/h1-5,9H. The summed E-state index contributed by atoms with van der Waals surface area (Å²) >= 11 is 0. The van der Waals surface area contributed by atoms with E-state index in [4.69, 9.17) is 4.42 Å². The van der Waals surface area contributed by atoms with Gasteiger partial charge in [-0.25, -0.2) is 0 Å². The molecule has 1 aromatic heterocycles. The third kappa shape index (κ3) is 1.61. The van der Waals surface area contributed by atoms with Crippen LogP contribution in [0.3, 0.4) is 0 Å². The molecule has 68 valence electrons. The number of benzene rings is 1. The van der Waals surface area contributed by atoms with Crippen LogP contribution in [0.5, 0.6) is 5.75 Å². The lowest BCUT2D eigenvalue weighted by molar-refractivity contribution is -0.0497. The minimum absolute atomic E-state index is 0.143. The number of hydrogen-bond acceptors (Lipinski definition) is 2. The molecule has 0 radical (unpaired) electrons. The van der Waals surface area contributed by atoms with Crippen LogP contribution in [0, 0.1) is 0 Å². The van der Waals surface area contributed by atoms with Crippen LogP contribution in [0.4, 0.5) is 8.78 Å². The number of hydrogen-bond donors (Lipinski definition) is 0. The van der Waals surface area contributed by atoms with Gasteiger partial charge in [-0.2, -0.15) is 8.78 Å². The highest BCUT2D eigenvalue weighted by molar-refractivity contribution is 5.78. The normalized spacial score (nSPS) is 11.0. The molecule has 0 bridgehead atoms. The molecule has 2 rings (SSSR count). The Labute approximate surface area is 72.7 Å². The Bertz CT molecular complexity index is 409. The van der Waals surface area contributed by atoms with Crippen LogP contribution in [-0.2, 0) is 0 Å². The Morgan fingerprint density at radius 2 is 2.08 bits per heavy atom. The fraction of sp³-hybridized carbons (Fsp3) is 0.111. The molecule has 0 amide bonds. The van der Waals surface area contributed by atoms with Gasteiger partial charge in [0.05, 0.1) is 6.26 Å². The lowest BCUT2D eigenvalue weighted by Gasteiger charge is -2.02. The minimum Gasteiger partial charge on any atom is -0.464 e. The second-order valence-corrected chi connectivity index (χ2v) is 2.50. The molecule has 4 heteroatoms. The summed E-state index contributed by atoms with van der Waals surface area (Å²) < 4.78 is 32.9. The lowest BCUT2D eigenvalue weighted by Crippen LogP contribution is -2.01. The summed E-state index contributed by atoms with van der Waals surface area (Å²) in [4.78, 5) is 0. The number of fused-ring (bicyclic) bond motifs is 1. The molecule has 0 fully saturated rings. The topological polar surface area (TPSA) is 22.4 Å². The number of ether oxygens (including phenoxy) is 1. The van der Waals surface area contributed by atoms with Gasteiger partial charge in [0.2, 0.25) is 0 Å². The predicted molar refractivity (Wildman–Crippen MR) is 42.8 cm³/mol. The van der Waals surface area contributed by atoms with Crippen LogP contribution in [0.2, 0.25) is 0 Å². The second kappa shape index (κ2) is 3.05. The van der Waals surface area contributed by atoms with Crippen LogP contribution < -0.4 is 4.74 Å². The molecule has 0 saturated heterocycles. The van der Waals surface area contributed by atoms with Crippen molar-refractivity contribution in [2.24, 2.45) is 0 Å². The monoisotopic (exact) mass is 184 g/mol. The van der Waals surface area contributed by atoms with Crippen molar-refractivity contribution in [3.63, 3.8) is 0 Å². The first kappa shape index (κ1) is 8.04. The maximum atomic E-state index is 11.8. The second-order valence-electron chi connectivity index (χ2n) is 2.50. The van der Waals surface area contributed by atoms with Crippen LogP contribution in [-0.4, -0.2) is 6.61 Å². The summed E-state index contributed by atoms with van der Waals surface area (Å²) in [5.74, 6) is 0.143. The molecule has 0 atom stereocenters. The zero-order valence-corrected chi connectivity index (χ0v) is 6.54. The predicted octanol–water partition coefficient (Wildman–Crippen LogP) is 3.03. The van der Waals surface area contributed by atoms with Crippen molar-refractivity contribution in [2.45, 2.75) is 6.61 Å². The molecule has 0 aliphatic heterocycles. The first-order valence-electron chi connectivity index (χ1n) is 3.68. The lowest BCUT2D eigenvalue weighted by atomic mass is 10.2. The summed E-state index contributed by atoms with van der Waals surface area (Å²) in [6, 6.07) is 6.23. The Kier molecular flexibility index (Phi) is 1.88. The van der Waals surface area contributed by atoms with Gasteiger partial charge in [-0.1, -0.05) is 0 Å². The highest BCUT2D eigenvalue weighted by Crippen LogP contribution is 2.22. The van der Waals surface area contributed by atoms with Crippen LogP contribution >= 0.6 is 0 Å². The summed E-state index contributed by atoms with van der Waals surface area (Å²) in [6.07, 6.45) is 1.50. The number of rotatable bonds is 2. The third-order valence-electron chi connectivity index (χ3n) is 1.65. The van der Waals surface area contributed by atoms with Crippen molar-refractivity contribution in [3.05, 3.63) is 30.5 Å². The molecule has 1 aromatic carbocycles. The molecular formula is C9H6F2O2. The Morgan fingerprint density at radius 3 is 2.85 bits per heavy atom. The molecule has 0 aliphatic rings. The molecule has 0 N–H and O–H groups in total. The van der Waals surface area contributed by atoms with Crippen molar-refractivity contribution in [1.82, 2.24) is 0 Å². The fourth-order valence-electron chi connectivity index (χ4n) is 1.12. The average molecular weight is 184 g/mol. The third-order valence-corrected chi connectivity index (χ3v) is 1.65. The Hall–Kier alpha value is -1.58. The Balaban J connectivity index is 2.37. The SMILES string of the molecule is FC(F)Oc1ccc2occc2c1. The van der Waals surface area contributed by atoms with Gasteiger partial charge >= 0.3 is 6.61 Å². The molecular weight excluding hydrogens is 178 g/mol. The van der Waals surface area contributed by atoms with Crippen molar-refractivity contribution in [3.8, 4) is 5.75 Å². The largest absolute Gasteiger partial charge is 0.464 e. The van der Waals surface area contributed by atoms with E-state index in [9.17, 15) is 8.78 Å². The van der Waals surface area contributed by atoms with Crippen LogP contribution in [0.1, 0.15) is 0 Å². The quantitative estimate of drug-likeness (QED) is 0.715. The summed E-state index contributed by atoms with van der Waals surface area (Å²) in [6.45, 7) is -2.79. The molecule has 1 heterocycles. The minimum atomic E-state index is -2.79. The van der Waals surface area contributed by atoms with Crippen molar-refractivity contribution < 1.29 is 17.9 Å². The van der Waals surface area contributed by atoms with Gasteiger partial charge in [-0.15, -0.1) is 0 Å². The molecule has 0 saturated carbocycles. The van der Waals surface area contributed by atoms with Gasteiger partial charge in [-0.3, -0.25) is 0 Å². The highest BCUT2D eigenvalue weighted by Gasteiger charge is 2.05. The molecule has 13 heavy (non-hydrogen) atoms.